The molecule has 26 heavy (non-hydrogen) atoms. The Morgan fingerprint density at radius 3 is 2.04 bits per heavy atom. The summed E-state index contributed by atoms with van der Waals surface area (Å²) in [4.78, 5) is 42.2. The highest BCUT2D eigenvalue weighted by Crippen LogP contribution is 2.34. The molecule has 0 aromatic heterocycles. The molecule has 1 fully saturated rings. The monoisotopic (exact) mass is 355 g/mol. The summed E-state index contributed by atoms with van der Waals surface area (Å²) in [5.41, 5.74) is 2.09. The van der Waals surface area contributed by atoms with Crippen molar-refractivity contribution in [2.45, 2.75) is 19.4 Å². The van der Waals surface area contributed by atoms with Gasteiger partial charge in [0.2, 0.25) is 17.7 Å². The minimum absolute atomic E-state index is 0.170. The van der Waals surface area contributed by atoms with Gasteiger partial charge in [-0.25, -0.2) is 0 Å². The van der Waals surface area contributed by atoms with Crippen molar-refractivity contribution in [3.05, 3.63) is 42.0 Å². The van der Waals surface area contributed by atoms with Gasteiger partial charge in [-0.1, -0.05) is 24.3 Å². The number of fused-ring (bicyclic) bond motifs is 1. The SMILES string of the molecule is CN(Cc1ccc(N(C)C)cc1)C(=O)CN1C(=O)[C@@H]2CC=CC[C@H]2C1=O. The van der Waals surface area contributed by atoms with Crippen molar-refractivity contribution in [3.8, 4) is 0 Å². The average Bonchev–Trinajstić information content (AvgIpc) is 2.87. The molecule has 1 aliphatic carbocycles. The van der Waals surface area contributed by atoms with E-state index in [9.17, 15) is 14.4 Å². The van der Waals surface area contributed by atoms with Gasteiger partial charge in [-0.3, -0.25) is 19.3 Å². The van der Waals surface area contributed by atoms with E-state index in [4.69, 9.17) is 0 Å². The van der Waals surface area contributed by atoms with Gasteiger partial charge in [-0.2, -0.15) is 0 Å². The molecule has 6 nitrogen and oxygen atoms in total. The van der Waals surface area contributed by atoms with Crippen LogP contribution in [0.5, 0.6) is 0 Å². The van der Waals surface area contributed by atoms with Gasteiger partial charge < -0.3 is 9.80 Å². The van der Waals surface area contributed by atoms with Crippen LogP contribution in [0.25, 0.3) is 0 Å². The highest BCUT2D eigenvalue weighted by molar-refractivity contribution is 6.07. The van der Waals surface area contributed by atoms with Crippen LogP contribution in [-0.2, 0) is 20.9 Å². The predicted octanol–water partition coefficient (Wildman–Crippen LogP) is 1.66. The number of hydrogen-bond donors (Lipinski definition) is 0. The Bertz CT molecular complexity index is 713. The second-order valence-electron chi connectivity index (χ2n) is 7.23. The lowest BCUT2D eigenvalue weighted by atomic mass is 9.85. The molecule has 0 bridgehead atoms. The smallest absolute Gasteiger partial charge is 0.242 e. The number of benzene rings is 1. The topological polar surface area (TPSA) is 60.9 Å². The zero-order chi connectivity index (χ0) is 18.8. The van der Waals surface area contributed by atoms with Crippen LogP contribution in [0, 0.1) is 11.8 Å². The molecule has 3 rings (SSSR count). The molecule has 2 atom stereocenters. The van der Waals surface area contributed by atoms with Crippen molar-refractivity contribution in [1.82, 2.24) is 9.80 Å². The summed E-state index contributed by atoms with van der Waals surface area (Å²) >= 11 is 0. The van der Waals surface area contributed by atoms with Gasteiger partial charge >= 0.3 is 0 Å². The van der Waals surface area contributed by atoms with Crippen LogP contribution < -0.4 is 4.90 Å². The average molecular weight is 355 g/mol. The molecule has 1 heterocycles. The standard InChI is InChI=1S/C20H25N3O3/c1-21(2)15-10-8-14(9-11-15)12-22(3)18(24)13-23-19(25)16-6-4-5-7-17(16)20(23)26/h4-5,8-11,16-17H,6-7,12-13H2,1-3H3/t16-,17-/m1/s1. The quantitative estimate of drug-likeness (QED) is 0.595. The van der Waals surface area contributed by atoms with Crippen LogP contribution in [0.1, 0.15) is 18.4 Å². The van der Waals surface area contributed by atoms with E-state index in [0.29, 0.717) is 19.4 Å². The van der Waals surface area contributed by atoms with Crippen molar-refractivity contribution >= 4 is 23.4 Å². The summed E-state index contributed by atoms with van der Waals surface area (Å²) in [5, 5.41) is 0. The van der Waals surface area contributed by atoms with Crippen molar-refractivity contribution in [2.24, 2.45) is 11.8 Å². The predicted molar refractivity (Wildman–Crippen MR) is 99.3 cm³/mol. The number of likely N-dealkylation sites (N-methyl/N-ethyl adjacent to an activating group) is 1. The molecule has 1 aromatic carbocycles. The van der Waals surface area contributed by atoms with Gasteiger partial charge in [-0.05, 0) is 30.5 Å². The van der Waals surface area contributed by atoms with E-state index in [1.54, 1.807) is 11.9 Å². The summed E-state index contributed by atoms with van der Waals surface area (Å²) in [5.74, 6) is -1.22. The minimum Gasteiger partial charge on any atom is -0.378 e. The molecule has 3 amide bonds. The van der Waals surface area contributed by atoms with Crippen LogP contribution in [0.2, 0.25) is 0 Å². The zero-order valence-corrected chi connectivity index (χ0v) is 15.5. The second-order valence-corrected chi connectivity index (χ2v) is 7.23. The zero-order valence-electron chi connectivity index (χ0n) is 15.5. The summed E-state index contributed by atoms with van der Waals surface area (Å²) in [6, 6.07) is 7.95. The molecule has 0 spiro atoms. The lowest BCUT2D eigenvalue weighted by Gasteiger charge is -2.21. The maximum atomic E-state index is 12.5. The highest BCUT2D eigenvalue weighted by atomic mass is 16.2. The number of allylic oxidation sites excluding steroid dienone is 2. The highest BCUT2D eigenvalue weighted by Gasteiger charge is 2.47. The molecule has 0 radical (unpaired) electrons. The normalized spacial score (nSPS) is 21.7. The lowest BCUT2D eigenvalue weighted by molar-refractivity contribution is -0.146. The van der Waals surface area contributed by atoms with Gasteiger partial charge in [-0.15, -0.1) is 0 Å². The number of anilines is 1. The van der Waals surface area contributed by atoms with E-state index < -0.39 is 0 Å². The van der Waals surface area contributed by atoms with Crippen molar-refractivity contribution in [1.29, 1.82) is 0 Å². The van der Waals surface area contributed by atoms with Gasteiger partial charge in [0.1, 0.15) is 6.54 Å². The number of nitrogens with zero attached hydrogens (tertiary/aromatic N) is 3. The van der Waals surface area contributed by atoms with Gasteiger partial charge in [0.05, 0.1) is 11.8 Å². The molecular formula is C20H25N3O3. The van der Waals surface area contributed by atoms with Crippen molar-refractivity contribution < 1.29 is 14.4 Å². The first-order chi connectivity index (χ1) is 12.4. The Hall–Kier alpha value is -2.63. The fourth-order valence-corrected chi connectivity index (χ4v) is 3.54. The van der Waals surface area contributed by atoms with Gasteiger partial charge in [0, 0.05) is 33.4 Å². The van der Waals surface area contributed by atoms with Crippen molar-refractivity contribution in [3.63, 3.8) is 0 Å². The second kappa shape index (κ2) is 7.32. The first-order valence-electron chi connectivity index (χ1n) is 8.89. The van der Waals surface area contributed by atoms with E-state index in [-0.39, 0.29) is 36.1 Å². The molecule has 6 heteroatoms. The molecule has 0 N–H and O–H groups in total. The van der Waals surface area contributed by atoms with Crippen LogP contribution in [0.4, 0.5) is 5.69 Å². The summed E-state index contributed by atoms with van der Waals surface area (Å²) in [6.07, 6.45) is 5.07. The number of carbonyl (C=O) groups excluding carboxylic acids is 3. The van der Waals surface area contributed by atoms with Gasteiger partial charge in [0.15, 0.2) is 0 Å². The Labute approximate surface area is 154 Å². The molecular weight excluding hydrogens is 330 g/mol. The minimum atomic E-state index is -0.288. The molecule has 2 aliphatic rings. The Kier molecular flexibility index (Phi) is 5.11. The van der Waals surface area contributed by atoms with Crippen LogP contribution >= 0.6 is 0 Å². The third-order valence-electron chi connectivity index (χ3n) is 5.19. The number of likely N-dealkylation sites (tertiary alicyclic amines) is 1. The largest absolute Gasteiger partial charge is 0.378 e. The molecule has 0 unspecified atom stereocenters. The van der Waals surface area contributed by atoms with E-state index in [2.05, 4.69) is 0 Å². The molecule has 1 saturated heterocycles. The maximum absolute atomic E-state index is 12.5. The van der Waals surface area contributed by atoms with E-state index in [1.165, 1.54) is 0 Å². The summed E-state index contributed by atoms with van der Waals surface area (Å²) in [6.45, 7) is 0.272. The first kappa shape index (κ1) is 18.2. The number of rotatable bonds is 5. The molecule has 1 aromatic rings. The van der Waals surface area contributed by atoms with Crippen LogP contribution in [0.3, 0.4) is 0 Å². The van der Waals surface area contributed by atoms with E-state index in [0.717, 1.165) is 16.2 Å². The lowest BCUT2D eigenvalue weighted by Crippen LogP contribution is -2.41. The Balaban J connectivity index is 1.60. The van der Waals surface area contributed by atoms with E-state index >= 15 is 0 Å². The number of carbonyl (C=O) groups is 3. The Morgan fingerprint density at radius 2 is 1.54 bits per heavy atom. The molecule has 1 aliphatic heterocycles. The van der Waals surface area contributed by atoms with Crippen LogP contribution in [-0.4, -0.2) is 55.2 Å². The molecule has 138 valence electrons. The third kappa shape index (κ3) is 3.49. The number of imide groups is 1. The Morgan fingerprint density at radius 1 is 1.00 bits per heavy atom. The fraction of sp³-hybridized carbons (Fsp3) is 0.450. The maximum Gasteiger partial charge on any atom is 0.242 e. The molecule has 0 saturated carbocycles. The summed E-state index contributed by atoms with van der Waals surface area (Å²) < 4.78 is 0. The van der Waals surface area contributed by atoms with E-state index in [1.807, 2.05) is 55.4 Å². The van der Waals surface area contributed by atoms with Crippen molar-refractivity contribution in [2.75, 3.05) is 32.6 Å². The first-order valence-corrected chi connectivity index (χ1v) is 8.89. The number of amides is 3. The third-order valence-corrected chi connectivity index (χ3v) is 5.19. The fourth-order valence-electron chi connectivity index (χ4n) is 3.54. The van der Waals surface area contributed by atoms with Gasteiger partial charge in [0.25, 0.3) is 0 Å². The number of hydrogen-bond acceptors (Lipinski definition) is 4. The summed E-state index contributed by atoms with van der Waals surface area (Å²) in [7, 11) is 5.64. The van der Waals surface area contributed by atoms with Crippen LogP contribution in [0.15, 0.2) is 36.4 Å².